The number of aliphatic hydroxyl groups excluding tert-OH is 1. The Morgan fingerprint density at radius 1 is 0.781 bits per heavy atom. The van der Waals surface area contributed by atoms with Crippen molar-refractivity contribution in [2.75, 3.05) is 11.5 Å². The van der Waals surface area contributed by atoms with E-state index in [1.165, 1.54) is 9.36 Å². The number of aliphatic hydroxyl groups is 1. The lowest BCUT2D eigenvalue weighted by Crippen LogP contribution is -2.46. The van der Waals surface area contributed by atoms with Gasteiger partial charge in [0.25, 0.3) is 17.0 Å². The Morgan fingerprint density at radius 2 is 1.42 bits per heavy atom. The monoisotopic (exact) mass is 870 g/mol. The van der Waals surface area contributed by atoms with Crippen LogP contribution in [0.15, 0.2) is 150 Å². The van der Waals surface area contributed by atoms with Crippen molar-refractivity contribution in [3.8, 4) is 11.4 Å². The molecule has 10 rings (SSSR count). The fraction of sp³-hybridized carbons (Fsp3) is 0.245. The number of carbonyl (C=O) groups is 1. The first-order valence-electron chi connectivity index (χ1n) is 21.4. The van der Waals surface area contributed by atoms with Crippen molar-refractivity contribution in [3.05, 3.63) is 183 Å². The van der Waals surface area contributed by atoms with Crippen molar-refractivity contribution in [1.29, 1.82) is 0 Å². The predicted molar refractivity (Wildman–Crippen MR) is 245 cm³/mol. The van der Waals surface area contributed by atoms with Gasteiger partial charge in [-0.2, -0.15) is 19.6 Å². The summed E-state index contributed by atoms with van der Waals surface area (Å²) in [6.07, 6.45) is 4.99. The standard InChI is InChI=1S/C49H46N8O6Si/c1-31-45(64(2,3)62)44(22-23-54-29-42(52-53-54)40(30-58)33-13-5-4-6-14-33)63-49(31)41-25-37(57-47(60)39-19-10-8-16-35(39)27-51-57)20-21-43(41)55(48(49)61)28-32-12-11-17-36(24-32)56-46(59)38-18-9-7-15-34(38)26-50-56/h4-21,24-27,29,31,40,44-45,58,62H,22-23,28,30H2,1-3H3/t31-,40?,44+,45-,49+/m0/s1. The zero-order valence-corrected chi connectivity index (χ0v) is 36.5. The molecule has 2 aliphatic rings. The van der Waals surface area contributed by atoms with Crippen LogP contribution in [0, 0.1) is 5.92 Å². The molecule has 8 aromatic rings. The summed E-state index contributed by atoms with van der Waals surface area (Å²) in [5.74, 6) is -1.13. The van der Waals surface area contributed by atoms with Gasteiger partial charge in [0.05, 0.1) is 71.1 Å². The van der Waals surface area contributed by atoms with Crippen LogP contribution in [0.4, 0.5) is 5.69 Å². The minimum Gasteiger partial charge on any atom is -0.432 e. The van der Waals surface area contributed by atoms with Gasteiger partial charge < -0.3 is 19.5 Å². The van der Waals surface area contributed by atoms with Crippen molar-refractivity contribution in [3.63, 3.8) is 0 Å². The molecule has 0 aliphatic carbocycles. The van der Waals surface area contributed by atoms with Crippen LogP contribution in [0.2, 0.25) is 18.6 Å². The third kappa shape index (κ3) is 6.88. The normalized spacial score (nSPS) is 20.1. The smallest absolute Gasteiger partial charge is 0.279 e. The third-order valence-corrected chi connectivity index (χ3v) is 15.5. The third-order valence-electron chi connectivity index (χ3n) is 13.0. The highest BCUT2D eigenvalue weighted by atomic mass is 28.4. The molecule has 2 aliphatic heterocycles. The number of carbonyl (C=O) groups excluding carboxylic acids is 1. The van der Waals surface area contributed by atoms with Crippen molar-refractivity contribution in [1.82, 2.24) is 34.6 Å². The summed E-state index contributed by atoms with van der Waals surface area (Å²) in [5, 5.41) is 30.7. The SMILES string of the molecule is C[C@H]1[C@H]([Si](C)(C)O)[C@@H](CCn2cc(C(CO)c3ccccc3)nn2)O[C@]12C(=O)N(Cc1cccc(-n3ncc4ccccc4c3=O)c1)c1ccc(-n3ncc4ccccc4c3=O)cc12. The molecule has 5 heterocycles. The molecule has 14 nitrogen and oxygen atoms in total. The van der Waals surface area contributed by atoms with E-state index >= 15 is 4.79 Å². The van der Waals surface area contributed by atoms with E-state index in [-0.39, 0.29) is 41.6 Å². The maximum Gasteiger partial charge on any atom is 0.279 e. The van der Waals surface area contributed by atoms with Crippen LogP contribution < -0.4 is 16.0 Å². The number of amides is 1. The molecule has 0 saturated carbocycles. The van der Waals surface area contributed by atoms with Crippen LogP contribution in [-0.4, -0.2) is 71.4 Å². The largest absolute Gasteiger partial charge is 0.432 e. The van der Waals surface area contributed by atoms with Crippen molar-refractivity contribution in [2.45, 2.75) is 62.7 Å². The Labute approximate surface area is 368 Å². The Kier molecular flexibility index (Phi) is 10.3. The highest BCUT2D eigenvalue weighted by Crippen LogP contribution is 2.60. The molecule has 0 radical (unpaired) electrons. The second-order valence-corrected chi connectivity index (χ2v) is 21.3. The van der Waals surface area contributed by atoms with Gasteiger partial charge in [0.1, 0.15) is 0 Å². The summed E-state index contributed by atoms with van der Waals surface area (Å²) < 4.78 is 11.6. The number of fused-ring (bicyclic) bond motifs is 4. The number of hydrogen-bond acceptors (Lipinski definition) is 10. The van der Waals surface area contributed by atoms with Crippen molar-refractivity contribution in [2.24, 2.45) is 5.92 Å². The van der Waals surface area contributed by atoms with Gasteiger partial charge in [-0.1, -0.05) is 91.0 Å². The van der Waals surface area contributed by atoms with E-state index in [0.717, 1.165) is 16.5 Å². The van der Waals surface area contributed by atoms with Crippen LogP contribution >= 0.6 is 0 Å². The number of ether oxygens (including phenoxy) is 1. The lowest BCUT2D eigenvalue weighted by molar-refractivity contribution is -0.146. The minimum absolute atomic E-state index is 0.134. The first kappa shape index (κ1) is 41.1. The average Bonchev–Trinajstić information content (AvgIpc) is 3.96. The van der Waals surface area contributed by atoms with E-state index in [0.29, 0.717) is 57.4 Å². The van der Waals surface area contributed by atoms with Gasteiger partial charge in [-0.3, -0.25) is 19.1 Å². The topological polar surface area (TPSA) is 170 Å². The van der Waals surface area contributed by atoms with E-state index in [1.54, 1.807) is 40.2 Å². The summed E-state index contributed by atoms with van der Waals surface area (Å²) >= 11 is 0. The Hall–Kier alpha value is -6.91. The summed E-state index contributed by atoms with van der Waals surface area (Å²) in [7, 11) is -3.06. The maximum absolute atomic E-state index is 15.5. The second-order valence-electron chi connectivity index (χ2n) is 17.4. The van der Waals surface area contributed by atoms with Crippen LogP contribution in [0.1, 0.15) is 41.6 Å². The molecule has 322 valence electrons. The van der Waals surface area contributed by atoms with Crippen LogP contribution in [0.5, 0.6) is 0 Å². The van der Waals surface area contributed by atoms with Crippen molar-refractivity contribution >= 4 is 41.5 Å². The molecule has 1 fully saturated rings. The van der Waals surface area contributed by atoms with Crippen LogP contribution in [0.25, 0.3) is 32.9 Å². The second kappa shape index (κ2) is 16.0. The highest BCUT2D eigenvalue weighted by Gasteiger charge is 2.66. The molecular weight excluding hydrogens is 825 g/mol. The van der Waals surface area contributed by atoms with E-state index < -0.39 is 25.9 Å². The number of benzene rings is 5. The van der Waals surface area contributed by atoms with Gasteiger partial charge in [0, 0.05) is 40.5 Å². The quantitative estimate of drug-likeness (QED) is 0.142. The first-order valence-corrected chi connectivity index (χ1v) is 24.4. The van der Waals surface area contributed by atoms with E-state index in [4.69, 9.17) is 4.74 Å². The summed E-state index contributed by atoms with van der Waals surface area (Å²) in [6.45, 7) is 6.12. The average molecular weight is 871 g/mol. The molecular formula is C49H46N8O6Si. The highest BCUT2D eigenvalue weighted by molar-refractivity contribution is 6.71. The molecule has 1 amide bonds. The Balaban J connectivity index is 1.03. The molecule has 15 heteroatoms. The summed E-state index contributed by atoms with van der Waals surface area (Å²) in [4.78, 5) is 56.8. The molecule has 1 unspecified atom stereocenters. The fourth-order valence-electron chi connectivity index (χ4n) is 10.0. The van der Waals surface area contributed by atoms with E-state index in [9.17, 15) is 19.5 Å². The number of nitrogens with zero attached hydrogens (tertiary/aromatic N) is 8. The number of aromatic nitrogens is 7. The van der Waals surface area contributed by atoms with Gasteiger partial charge in [-0.15, -0.1) is 5.10 Å². The van der Waals surface area contributed by atoms with Gasteiger partial charge in [0.2, 0.25) is 0 Å². The molecule has 0 bridgehead atoms. The maximum atomic E-state index is 15.5. The van der Waals surface area contributed by atoms with Crippen LogP contribution in [-0.2, 0) is 28.2 Å². The molecule has 1 spiro atoms. The van der Waals surface area contributed by atoms with Gasteiger partial charge in [0.15, 0.2) is 13.9 Å². The number of aryl methyl sites for hydroxylation is 1. The first-order chi connectivity index (χ1) is 31.0. The predicted octanol–water partition coefficient (Wildman–Crippen LogP) is 6.24. The molecule has 5 aromatic carbocycles. The fourth-order valence-corrected chi connectivity index (χ4v) is 12.6. The van der Waals surface area contributed by atoms with Gasteiger partial charge in [-0.05, 0) is 73.1 Å². The Bertz CT molecular complexity index is 3200. The number of anilines is 1. The number of rotatable bonds is 11. The Morgan fingerprint density at radius 3 is 2.08 bits per heavy atom. The zero-order chi connectivity index (χ0) is 44.3. The minimum atomic E-state index is -3.06. The molecule has 3 aromatic heterocycles. The van der Waals surface area contributed by atoms with Crippen molar-refractivity contribution < 1.29 is 19.4 Å². The molecule has 1 saturated heterocycles. The van der Waals surface area contributed by atoms with Gasteiger partial charge >= 0.3 is 0 Å². The molecule has 5 atom stereocenters. The summed E-state index contributed by atoms with van der Waals surface area (Å²) in [5.41, 5.74) is 2.03. The molecule has 64 heavy (non-hydrogen) atoms. The van der Waals surface area contributed by atoms with E-state index in [2.05, 4.69) is 20.5 Å². The molecule has 2 N–H and O–H groups in total. The zero-order valence-electron chi connectivity index (χ0n) is 35.5. The van der Waals surface area contributed by atoms with E-state index in [1.807, 2.05) is 129 Å². The lowest BCUT2D eigenvalue weighted by atomic mass is 9.82. The summed E-state index contributed by atoms with van der Waals surface area (Å²) in [6, 6.07) is 37.1. The lowest BCUT2D eigenvalue weighted by Gasteiger charge is -2.32. The van der Waals surface area contributed by atoms with Gasteiger partial charge in [-0.25, -0.2) is 0 Å². The number of hydrogen-bond donors (Lipinski definition) is 2. The van der Waals surface area contributed by atoms with Crippen LogP contribution in [0.3, 0.4) is 0 Å².